The summed E-state index contributed by atoms with van der Waals surface area (Å²) in [5.41, 5.74) is 0.865. The second-order valence-electron chi connectivity index (χ2n) is 8.55. The van der Waals surface area contributed by atoms with Crippen molar-refractivity contribution in [2.45, 2.75) is 51.2 Å². The van der Waals surface area contributed by atoms with Gasteiger partial charge in [0.25, 0.3) is 0 Å². The van der Waals surface area contributed by atoms with E-state index in [-0.39, 0.29) is 35.9 Å². The zero-order valence-corrected chi connectivity index (χ0v) is 19.5. The summed E-state index contributed by atoms with van der Waals surface area (Å²) in [5, 5.41) is 14.4. The number of aryl methyl sites for hydroxylation is 1. The summed E-state index contributed by atoms with van der Waals surface area (Å²) >= 11 is 0. The molecule has 2 unspecified atom stereocenters. The number of benzene rings is 1. The Balaban J connectivity index is 0.00000280. The molecule has 1 heterocycles. The van der Waals surface area contributed by atoms with Gasteiger partial charge in [-0.1, -0.05) is 24.3 Å². The number of rotatable bonds is 3. The van der Waals surface area contributed by atoms with Crippen LogP contribution >= 0.6 is 24.0 Å². The quantitative estimate of drug-likeness (QED) is 0.289. The molecule has 0 radical (unpaired) electrons. The first-order chi connectivity index (χ1) is 12.7. The summed E-state index contributed by atoms with van der Waals surface area (Å²) in [4.78, 5) is 18.7. The number of aliphatic imine (C=N–C) groups is 1. The molecule has 1 aromatic rings. The van der Waals surface area contributed by atoms with Gasteiger partial charge in [0.1, 0.15) is 11.2 Å². The van der Waals surface area contributed by atoms with Crippen molar-refractivity contribution >= 4 is 35.9 Å². The van der Waals surface area contributed by atoms with Gasteiger partial charge >= 0.3 is 5.97 Å². The van der Waals surface area contributed by atoms with E-state index in [4.69, 9.17) is 4.74 Å². The molecule has 2 aliphatic rings. The predicted octanol–water partition coefficient (Wildman–Crippen LogP) is 2.68. The lowest BCUT2D eigenvalue weighted by molar-refractivity contribution is -0.159. The highest BCUT2D eigenvalue weighted by atomic mass is 127. The molecule has 0 saturated carbocycles. The molecule has 0 aromatic heterocycles. The van der Waals surface area contributed by atoms with Crippen LogP contribution in [-0.4, -0.2) is 54.2 Å². The van der Waals surface area contributed by atoms with Gasteiger partial charge in [-0.05, 0) is 51.2 Å². The van der Waals surface area contributed by atoms with E-state index in [1.54, 1.807) is 7.05 Å². The Morgan fingerprint density at radius 2 is 2.11 bits per heavy atom. The van der Waals surface area contributed by atoms with Crippen LogP contribution in [0.1, 0.15) is 44.7 Å². The number of nitrogens with one attached hydrogen (secondary N) is 1. The van der Waals surface area contributed by atoms with E-state index in [0.717, 1.165) is 30.9 Å². The van der Waals surface area contributed by atoms with E-state index >= 15 is 0 Å². The number of carbonyl (C=O) groups excluding carboxylic acids is 1. The Kier molecular flexibility index (Phi) is 7.36. The number of aliphatic hydroxyl groups is 1. The van der Waals surface area contributed by atoms with Crippen LogP contribution in [0.2, 0.25) is 0 Å². The molecule has 0 spiro atoms. The fourth-order valence-corrected chi connectivity index (χ4v) is 3.94. The van der Waals surface area contributed by atoms with Crippen LogP contribution in [0, 0.1) is 5.92 Å². The fraction of sp³-hybridized carbons (Fsp3) is 0.619. The lowest BCUT2D eigenvalue weighted by Gasteiger charge is -2.28. The van der Waals surface area contributed by atoms with Crippen molar-refractivity contribution in [2.24, 2.45) is 10.9 Å². The van der Waals surface area contributed by atoms with E-state index in [0.29, 0.717) is 19.5 Å². The number of ether oxygens (including phenoxy) is 1. The third-order valence-electron chi connectivity index (χ3n) is 5.31. The van der Waals surface area contributed by atoms with Gasteiger partial charge in [0.2, 0.25) is 0 Å². The number of guanidine groups is 1. The van der Waals surface area contributed by atoms with Crippen molar-refractivity contribution in [3.63, 3.8) is 0 Å². The van der Waals surface area contributed by atoms with Crippen LogP contribution in [0.3, 0.4) is 0 Å². The standard InChI is InChI=1S/C21H31N3O3.HI/c1-20(2,3)27-18(25)16-10-12-24(13-16)19(22-4)23-14-21(26)11-9-15-7-5-6-8-17(15)21;/h5-8,16,26H,9-14H2,1-4H3,(H,22,23);1H. The number of hydrogen-bond acceptors (Lipinski definition) is 4. The molecule has 3 rings (SSSR count). The average molecular weight is 501 g/mol. The molecule has 0 amide bonds. The van der Waals surface area contributed by atoms with E-state index in [1.165, 1.54) is 5.56 Å². The van der Waals surface area contributed by atoms with Gasteiger partial charge in [0.05, 0.1) is 12.5 Å². The van der Waals surface area contributed by atoms with Crippen LogP contribution < -0.4 is 5.32 Å². The Bertz CT molecular complexity index is 732. The minimum Gasteiger partial charge on any atom is -0.460 e. The van der Waals surface area contributed by atoms with E-state index in [9.17, 15) is 9.90 Å². The lowest BCUT2D eigenvalue weighted by atomic mass is 9.96. The summed E-state index contributed by atoms with van der Waals surface area (Å²) in [5.74, 6) is 0.431. The molecule has 28 heavy (non-hydrogen) atoms. The highest BCUT2D eigenvalue weighted by molar-refractivity contribution is 14.0. The maximum atomic E-state index is 12.3. The Morgan fingerprint density at radius 1 is 1.39 bits per heavy atom. The van der Waals surface area contributed by atoms with E-state index in [1.807, 2.05) is 39.0 Å². The van der Waals surface area contributed by atoms with Gasteiger partial charge in [-0.25, -0.2) is 0 Å². The first-order valence-electron chi connectivity index (χ1n) is 9.71. The zero-order valence-electron chi connectivity index (χ0n) is 17.2. The second kappa shape index (κ2) is 8.98. The number of hydrogen-bond donors (Lipinski definition) is 2. The van der Waals surface area contributed by atoms with Crippen molar-refractivity contribution in [3.05, 3.63) is 35.4 Å². The van der Waals surface area contributed by atoms with Gasteiger partial charge in [0.15, 0.2) is 5.96 Å². The largest absolute Gasteiger partial charge is 0.460 e. The van der Waals surface area contributed by atoms with Gasteiger partial charge in [-0.2, -0.15) is 0 Å². The van der Waals surface area contributed by atoms with E-state index in [2.05, 4.69) is 21.3 Å². The molecule has 1 aliphatic heterocycles. The molecule has 2 atom stereocenters. The summed E-state index contributed by atoms with van der Waals surface area (Å²) in [6.07, 6.45) is 2.34. The highest BCUT2D eigenvalue weighted by Gasteiger charge is 2.38. The van der Waals surface area contributed by atoms with Crippen molar-refractivity contribution in [1.29, 1.82) is 0 Å². The number of nitrogens with zero attached hydrogens (tertiary/aromatic N) is 2. The summed E-state index contributed by atoms with van der Waals surface area (Å²) in [7, 11) is 1.73. The van der Waals surface area contributed by atoms with Crippen LogP contribution in [0.25, 0.3) is 0 Å². The first-order valence-corrected chi connectivity index (χ1v) is 9.71. The Labute approximate surface area is 184 Å². The molecular weight excluding hydrogens is 469 g/mol. The van der Waals surface area contributed by atoms with Gasteiger partial charge in [-0.15, -0.1) is 24.0 Å². The second-order valence-corrected chi connectivity index (χ2v) is 8.55. The molecule has 156 valence electrons. The highest BCUT2D eigenvalue weighted by Crippen LogP contribution is 2.36. The molecular formula is C21H32IN3O3. The van der Waals surface area contributed by atoms with Crippen molar-refractivity contribution < 1.29 is 14.6 Å². The molecule has 1 saturated heterocycles. The van der Waals surface area contributed by atoms with Crippen LogP contribution in [-0.2, 0) is 21.6 Å². The minimum atomic E-state index is -0.878. The maximum absolute atomic E-state index is 12.3. The normalized spacial score (nSPS) is 24.5. The summed E-state index contributed by atoms with van der Waals surface area (Å²) < 4.78 is 5.51. The maximum Gasteiger partial charge on any atom is 0.311 e. The number of likely N-dealkylation sites (tertiary alicyclic amines) is 1. The Hall–Kier alpha value is -1.35. The molecule has 1 fully saturated rings. The number of halogens is 1. The van der Waals surface area contributed by atoms with Gasteiger partial charge in [0, 0.05) is 20.1 Å². The monoisotopic (exact) mass is 501 g/mol. The fourth-order valence-electron chi connectivity index (χ4n) is 3.94. The third-order valence-corrected chi connectivity index (χ3v) is 5.31. The van der Waals surface area contributed by atoms with Gasteiger partial charge < -0.3 is 20.1 Å². The molecule has 7 heteroatoms. The van der Waals surface area contributed by atoms with Crippen molar-refractivity contribution in [3.8, 4) is 0 Å². The number of fused-ring (bicyclic) bond motifs is 1. The molecule has 6 nitrogen and oxygen atoms in total. The van der Waals surface area contributed by atoms with Crippen LogP contribution in [0.15, 0.2) is 29.3 Å². The topological polar surface area (TPSA) is 74.2 Å². The smallest absolute Gasteiger partial charge is 0.311 e. The lowest BCUT2D eigenvalue weighted by Crippen LogP contribution is -2.46. The van der Waals surface area contributed by atoms with Gasteiger partial charge in [-0.3, -0.25) is 9.79 Å². The summed E-state index contributed by atoms with van der Waals surface area (Å²) in [6.45, 7) is 7.40. The Morgan fingerprint density at radius 3 is 2.79 bits per heavy atom. The third kappa shape index (κ3) is 5.17. The summed E-state index contributed by atoms with van der Waals surface area (Å²) in [6, 6.07) is 8.06. The van der Waals surface area contributed by atoms with E-state index < -0.39 is 11.2 Å². The average Bonchev–Trinajstić information content (AvgIpc) is 3.21. The first kappa shape index (κ1) is 22.9. The minimum absolute atomic E-state index is 0. The SMILES string of the molecule is CN=C(NCC1(O)CCc2ccccc21)N1CCC(C(=O)OC(C)(C)C)C1.I. The predicted molar refractivity (Wildman–Crippen MR) is 121 cm³/mol. The molecule has 2 N–H and O–H groups in total. The van der Waals surface area contributed by atoms with Crippen LogP contribution in [0.5, 0.6) is 0 Å². The number of carbonyl (C=O) groups is 1. The van der Waals surface area contributed by atoms with Crippen molar-refractivity contribution in [1.82, 2.24) is 10.2 Å². The van der Waals surface area contributed by atoms with Crippen LogP contribution in [0.4, 0.5) is 0 Å². The zero-order chi connectivity index (χ0) is 19.7. The molecule has 0 bridgehead atoms. The van der Waals surface area contributed by atoms with Crippen molar-refractivity contribution in [2.75, 3.05) is 26.7 Å². The number of esters is 1. The molecule has 1 aliphatic carbocycles. The molecule has 1 aromatic carbocycles.